The zero-order valence-corrected chi connectivity index (χ0v) is 9.21. The number of hydrogen-bond donors (Lipinski definition) is 0. The summed E-state index contributed by atoms with van der Waals surface area (Å²) in [6, 6.07) is 0. The van der Waals surface area contributed by atoms with E-state index in [0.29, 0.717) is 23.1 Å². The Labute approximate surface area is 87.4 Å². The molecule has 2 rings (SSSR count). The second kappa shape index (κ2) is 4.31. The van der Waals surface area contributed by atoms with Gasteiger partial charge in [-0.15, -0.1) is 22.0 Å². The zero-order chi connectivity index (χ0) is 9.97. The Morgan fingerprint density at radius 1 is 1.50 bits per heavy atom. The number of aryl methyl sites for hydroxylation is 1. The summed E-state index contributed by atoms with van der Waals surface area (Å²) in [4.78, 5) is 0. The molecule has 1 aliphatic rings. The Morgan fingerprint density at radius 3 is 2.93 bits per heavy atom. The van der Waals surface area contributed by atoms with Gasteiger partial charge in [0.05, 0.1) is 11.9 Å². The van der Waals surface area contributed by atoms with Gasteiger partial charge < -0.3 is 9.15 Å². The summed E-state index contributed by atoms with van der Waals surface area (Å²) in [7, 11) is 0. The quantitative estimate of drug-likeness (QED) is 0.767. The molecule has 0 bridgehead atoms. The molecule has 1 aromatic rings. The molecule has 0 aliphatic carbocycles. The highest BCUT2D eigenvalue weighted by Gasteiger charge is 2.24. The fraction of sp³-hybridized carbons (Fsp3) is 0.778. The average Bonchev–Trinajstić information content (AvgIpc) is 2.72. The highest BCUT2D eigenvalue weighted by molar-refractivity contribution is 7.99. The van der Waals surface area contributed by atoms with Gasteiger partial charge in [0, 0.05) is 18.8 Å². The molecule has 1 aromatic heterocycles. The van der Waals surface area contributed by atoms with E-state index in [9.17, 15) is 0 Å². The van der Waals surface area contributed by atoms with Crippen molar-refractivity contribution in [3.05, 3.63) is 11.8 Å². The largest absolute Gasteiger partial charge is 0.425 e. The van der Waals surface area contributed by atoms with E-state index >= 15 is 0 Å². The predicted molar refractivity (Wildman–Crippen MR) is 54.1 cm³/mol. The Balaban J connectivity index is 1.82. The molecule has 5 heteroatoms. The standard InChI is InChI=1S/C9H14N2O2S/c1-6-8(3-4-12-6)14-5-9-11-10-7(2)13-9/h6,8H,3-5H2,1-2H3/t6-,8-/m0/s1. The van der Waals surface area contributed by atoms with E-state index < -0.39 is 0 Å². The lowest BCUT2D eigenvalue weighted by Crippen LogP contribution is -2.13. The summed E-state index contributed by atoms with van der Waals surface area (Å²) < 4.78 is 10.8. The van der Waals surface area contributed by atoms with Gasteiger partial charge in [0.2, 0.25) is 11.8 Å². The van der Waals surface area contributed by atoms with E-state index in [2.05, 4.69) is 17.1 Å². The molecular weight excluding hydrogens is 200 g/mol. The Hall–Kier alpha value is -0.550. The van der Waals surface area contributed by atoms with Crippen LogP contribution in [0.15, 0.2) is 4.42 Å². The Kier molecular flexibility index (Phi) is 3.08. The van der Waals surface area contributed by atoms with Crippen molar-refractivity contribution in [2.24, 2.45) is 0 Å². The van der Waals surface area contributed by atoms with Gasteiger partial charge in [0.1, 0.15) is 0 Å². The monoisotopic (exact) mass is 214 g/mol. The Morgan fingerprint density at radius 2 is 2.36 bits per heavy atom. The van der Waals surface area contributed by atoms with E-state index in [-0.39, 0.29) is 0 Å². The third-order valence-corrected chi connectivity index (χ3v) is 3.76. The molecule has 0 spiro atoms. The molecule has 1 aliphatic heterocycles. The molecule has 2 atom stereocenters. The van der Waals surface area contributed by atoms with Crippen LogP contribution in [-0.2, 0) is 10.5 Å². The molecule has 0 saturated carbocycles. The second-order valence-corrected chi connectivity index (χ2v) is 4.66. The first kappa shape index (κ1) is 9.98. The number of hydrogen-bond acceptors (Lipinski definition) is 5. The number of rotatable bonds is 3. The molecule has 0 N–H and O–H groups in total. The van der Waals surface area contributed by atoms with E-state index in [1.807, 2.05) is 18.7 Å². The van der Waals surface area contributed by atoms with Crippen LogP contribution in [0.4, 0.5) is 0 Å². The van der Waals surface area contributed by atoms with E-state index in [4.69, 9.17) is 9.15 Å². The minimum absolute atomic E-state index is 0.351. The third-order valence-electron chi connectivity index (χ3n) is 2.30. The molecule has 0 aromatic carbocycles. The van der Waals surface area contributed by atoms with Gasteiger partial charge >= 0.3 is 0 Å². The van der Waals surface area contributed by atoms with Crippen molar-refractivity contribution < 1.29 is 9.15 Å². The molecular formula is C9H14N2O2S. The molecule has 1 saturated heterocycles. The van der Waals surface area contributed by atoms with Crippen molar-refractivity contribution in [2.75, 3.05) is 6.61 Å². The average molecular weight is 214 g/mol. The molecule has 0 unspecified atom stereocenters. The lowest BCUT2D eigenvalue weighted by molar-refractivity contribution is 0.127. The minimum Gasteiger partial charge on any atom is -0.425 e. The fourth-order valence-electron chi connectivity index (χ4n) is 1.51. The summed E-state index contributed by atoms with van der Waals surface area (Å²) in [5.74, 6) is 2.14. The van der Waals surface area contributed by atoms with Crippen molar-refractivity contribution >= 4 is 11.8 Å². The zero-order valence-electron chi connectivity index (χ0n) is 8.40. The summed E-state index contributed by atoms with van der Waals surface area (Å²) >= 11 is 1.84. The van der Waals surface area contributed by atoms with Gasteiger partial charge in [-0.25, -0.2) is 0 Å². The first-order valence-electron chi connectivity index (χ1n) is 4.78. The SMILES string of the molecule is Cc1nnc(CS[C@H]2CCO[C@H]2C)o1. The molecule has 0 amide bonds. The Bertz CT molecular complexity index is 303. The normalized spacial score (nSPS) is 27.0. The maximum absolute atomic E-state index is 5.47. The van der Waals surface area contributed by atoms with Crippen LogP contribution in [0, 0.1) is 6.92 Å². The number of thioether (sulfide) groups is 1. The lowest BCUT2D eigenvalue weighted by atomic mass is 10.3. The molecule has 0 radical (unpaired) electrons. The molecule has 4 nitrogen and oxygen atoms in total. The van der Waals surface area contributed by atoms with E-state index in [1.54, 1.807) is 0 Å². The van der Waals surface area contributed by atoms with Crippen molar-refractivity contribution in [3.8, 4) is 0 Å². The number of ether oxygens (including phenoxy) is 1. The van der Waals surface area contributed by atoms with Crippen LogP contribution in [0.1, 0.15) is 25.1 Å². The fourth-order valence-corrected chi connectivity index (χ4v) is 2.59. The summed E-state index contributed by atoms with van der Waals surface area (Å²) in [5, 5.41) is 8.31. The van der Waals surface area contributed by atoms with Gasteiger partial charge in [-0.05, 0) is 13.3 Å². The molecule has 2 heterocycles. The lowest BCUT2D eigenvalue weighted by Gasteiger charge is -2.11. The van der Waals surface area contributed by atoms with Crippen molar-refractivity contribution in [1.29, 1.82) is 0 Å². The highest BCUT2D eigenvalue weighted by Crippen LogP contribution is 2.28. The van der Waals surface area contributed by atoms with E-state index in [1.165, 1.54) is 0 Å². The third kappa shape index (κ3) is 2.27. The number of aromatic nitrogens is 2. The van der Waals surface area contributed by atoms with Gasteiger partial charge in [-0.3, -0.25) is 0 Å². The second-order valence-electron chi connectivity index (χ2n) is 3.43. The summed E-state index contributed by atoms with van der Waals surface area (Å²) in [6.45, 7) is 4.80. The van der Waals surface area contributed by atoms with E-state index in [0.717, 1.165) is 18.8 Å². The van der Waals surface area contributed by atoms with Gasteiger partial charge in [-0.2, -0.15) is 0 Å². The van der Waals surface area contributed by atoms with Crippen LogP contribution in [0.25, 0.3) is 0 Å². The maximum Gasteiger partial charge on any atom is 0.226 e. The van der Waals surface area contributed by atoms with Crippen LogP contribution >= 0.6 is 11.8 Å². The first-order chi connectivity index (χ1) is 6.75. The predicted octanol–water partition coefficient (Wildman–Crippen LogP) is 1.79. The van der Waals surface area contributed by atoms with Crippen LogP contribution in [0.5, 0.6) is 0 Å². The molecule has 1 fully saturated rings. The van der Waals surface area contributed by atoms with Gasteiger partial charge in [0.15, 0.2) is 0 Å². The minimum atomic E-state index is 0.351. The van der Waals surface area contributed by atoms with Gasteiger partial charge in [-0.1, -0.05) is 0 Å². The first-order valence-corrected chi connectivity index (χ1v) is 5.83. The van der Waals surface area contributed by atoms with Crippen LogP contribution in [0.3, 0.4) is 0 Å². The highest BCUT2D eigenvalue weighted by atomic mass is 32.2. The van der Waals surface area contributed by atoms with Crippen molar-refractivity contribution in [1.82, 2.24) is 10.2 Å². The summed E-state index contributed by atoms with van der Waals surface area (Å²) in [6.07, 6.45) is 1.47. The smallest absolute Gasteiger partial charge is 0.226 e. The van der Waals surface area contributed by atoms with Crippen LogP contribution < -0.4 is 0 Å². The topological polar surface area (TPSA) is 48.2 Å². The number of nitrogens with zero attached hydrogens (tertiary/aromatic N) is 2. The van der Waals surface area contributed by atoms with Crippen LogP contribution in [0.2, 0.25) is 0 Å². The van der Waals surface area contributed by atoms with Gasteiger partial charge in [0.25, 0.3) is 0 Å². The van der Waals surface area contributed by atoms with Crippen molar-refractivity contribution in [2.45, 2.75) is 37.4 Å². The maximum atomic E-state index is 5.47. The van der Waals surface area contributed by atoms with Crippen LogP contribution in [-0.4, -0.2) is 28.2 Å². The molecule has 14 heavy (non-hydrogen) atoms. The van der Waals surface area contributed by atoms with Crippen molar-refractivity contribution in [3.63, 3.8) is 0 Å². The summed E-state index contributed by atoms with van der Waals surface area (Å²) in [5.41, 5.74) is 0. The molecule has 78 valence electrons.